The molecule has 0 aromatic heterocycles. The monoisotopic (exact) mass is 303 g/mol. The number of hydrogen-bond acceptors (Lipinski definition) is 6. The molecule has 1 atom stereocenters. The largest absolute Gasteiger partial charge is 0.493 e. The Balaban J connectivity index is 3.54. The van der Waals surface area contributed by atoms with Gasteiger partial charge in [-0.25, -0.2) is 0 Å². The second-order valence-corrected chi connectivity index (χ2v) is 4.27. The van der Waals surface area contributed by atoms with Crippen molar-refractivity contribution in [2.75, 3.05) is 14.2 Å². The topological polar surface area (TPSA) is 131 Å². The third kappa shape index (κ3) is 3.09. The van der Waals surface area contributed by atoms with Crippen molar-refractivity contribution in [1.82, 2.24) is 0 Å². The van der Waals surface area contributed by atoms with Crippen LogP contribution in [0.4, 0.5) is 5.69 Å². The summed E-state index contributed by atoms with van der Waals surface area (Å²) in [6, 6.07) is 0.126. The lowest BCUT2D eigenvalue weighted by Crippen LogP contribution is -2.22. The molecule has 0 aliphatic carbocycles. The molecule has 1 unspecified atom stereocenters. The maximum absolute atomic E-state index is 11.1. The van der Waals surface area contributed by atoms with Crippen LogP contribution in [0.15, 0.2) is 6.07 Å². The Labute approximate surface area is 119 Å². The number of ether oxygens (including phenoxy) is 2. The highest BCUT2D eigenvalue weighted by Gasteiger charge is 2.29. The number of hydrogen-bond donors (Lipinski definition) is 2. The Kier molecular flexibility index (Phi) is 5.12. The van der Waals surface area contributed by atoms with E-state index in [1.54, 1.807) is 0 Å². The fourth-order valence-electron chi connectivity index (χ4n) is 1.77. The molecule has 20 heavy (non-hydrogen) atoms. The van der Waals surface area contributed by atoms with E-state index in [1.807, 2.05) is 0 Å². The minimum Gasteiger partial charge on any atom is -0.493 e. The van der Waals surface area contributed by atoms with Crippen LogP contribution in [0, 0.1) is 10.1 Å². The number of carbonyl (C=O) groups is 1. The molecule has 1 aromatic rings. The van der Waals surface area contributed by atoms with Crippen molar-refractivity contribution < 1.29 is 19.2 Å². The van der Waals surface area contributed by atoms with Gasteiger partial charge in [0.2, 0.25) is 5.91 Å². The summed E-state index contributed by atoms with van der Waals surface area (Å²) in [5.41, 5.74) is 10.4. The third-order valence-corrected chi connectivity index (χ3v) is 2.99. The van der Waals surface area contributed by atoms with Crippen molar-refractivity contribution in [3.8, 4) is 11.5 Å². The first-order chi connectivity index (χ1) is 9.33. The summed E-state index contributed by atoms with van der Waals surface area (Å²) < 4.78 is 10.0. The Hall–Kier alpha value is -2.06. The number of nitrogens with zero attached hydrogens (tertiary/aromatic N) is 1. The van der Waals surface area contributed by atoms with Crippen LogP contribution < -0.4 is 20.9 Å². The van der Waals surface area contributed by atoms with Gasteiger partial charge >= 0.3 is 0 Å². The van der Waals surface area contributed by atoms with Crippen molar-refractivity contribution >= 4 is 23.2 Å². The van der Waals surface area contributed by atoms with Crippen molar-refractivity contribution in [2.24, 2.45) is 11.5 Å². The molecule has 0 radical (unpaired) electrons. The fourth-order valence-corrected chi connectivity index (χ4v) is 2.18. The number of nitro groups is 1. The van der Waals surface area contributed by atoms with Gasteiger partial charge < -0.3 is 20.9 Å². The van der Waals surface area contributed by atoms with Crippen LogP contribution in [-0.2, 0) is 4.79 Å². The highest BCUT2D eigenvalue weighted by Crippen LogP contribution is 2.45. The summed E-state index contributed by atoms with van der Waals surface area (Å²) in [6.07, 6.45) is -0.282. The van der Waals surface area contributed by atoms with E-state index in [0.717, 1.165) is 6.07 Å². The van der Waals surface area contributed by atoms with Crippen LogP contribution in [0.3, 0.4) is 0 Å². The van der Waals surface area contributed by atoms with E-state index in [0.29, 0.717) is 0 Å². The first-order valence-electron chi connectivity index (χ1n) is 5.46. The lowest BCUT2D eigenvalue weighted by Gasteiger charge is -2.16. The van der Waals surface area contributed by atoms with Gasteiger partial charge in [0, 0.05) is 12.5 Å². The Morgan fingerprint density at radius 2 is 2.10 bits per heavy atom. The average Bonchev–Trinajstić information content (AvgIpc) is 2.35. The summed E-state index contributed by atoms with van der Waals surface area (Å²) in [4.78, 5) is 21.4. The molecule has 1 amide bonds. The first kappa shape index (κ1) is 16.0. The number of benzene rings is 1. The highest BCUT2D eigenvalue weighted by atomic mass is 35.5. The van der Waals surface area contributed by atoms with Gasteiger partial charge in [-0.1, -0.05) is 11.6 Å². The fraction of sp³-hybridized carbons (Fsp3) is 0.364. The van der Waals surface area contributed by atoms with Crippen LogP contribution in [-0.4, -0.2) is 25.1 Å². The molecule has 0 aliphatic heterocycles. The molecule has 1 rings (SSSR count). The van der Waals surface area contributed by atoms with Gasteiger partial charge in [-0.05, 0) is 0 Å². The van der Waals surface area contributed by atoms with Gasteiger partial charge in [0.1, 0.15) is 0 Å². The van der Waals surface area contributed by atoms with E-state index in [-0.39, 0.29) is 34.2 Å². The summed E-state index contributed by atoms with van der Waals surface area (Å²) in [7, 11) is 2.65. The Morgan fingerprint density at radius 3 is 2.50 bits per heavy atom. The lowest BCUT2D eigenvalue weighted by molar-refractivity contribution is -0.385. The summed E-state index contributed by atoms with van der Waals surface area (Å²) in [5.74, 6) is -0.494. The number of carbonyl (C=O) groups excluding carboxylic acids is 1. The summed E-state index contributed by atoms with van der Waals surface area (Å²) in [6.45, 7) is 0. The van der Waals surface area contributed by atoms with Gasteiger partial charge in [0.05, 0.1) is 35.8 Å². The van der Waals surface area contributed by atoms with Crippen molar-refractivity contribution in [3.05, 3.63) is 26.8 Å². The molecule has 0 saturated carbocycles. The standard InChI is InChI=1S/C11H14ClN3O5/c1-19-7-4-6(15(17)18)9(5(13)3-8(14)16)10(12)11(7)20-2/h4-5H,3,13H2,1-2H3,(H2,14,16). The molecule has 110 valence electrons. The van der Waals surface area contributed by atoms with Gasteiger partial charge in [0.15, 0.2) is 11.5 Å². The SMILES string of the molecule is COc1cc([N+](=O)[O-])c(C(N)CC(N)=O)c(Cl)c1OC. The predicted octanol–water partition coefficient (Wildman–Crippen LogP) is 1.14. The lowest BCUT2D eigenvalue weighted by atomic mass is 10.0. The molecule has 8 nitrogen and oxygen atoms in total. The molecular formula is C11H14ClN3O5. The van der Waals surface area contributed by atoms with E-state index in [2.05, 4.69) is 0 Å². The van der Waals surface area contributed by atoms with Crippen LogP contribution >= 0.6 is 11.6 Å². The van der Waals surface area contributed by atoms with E-state index < -0.39 is 16.9 Å². The van der Waals surface area contributed by atoms with Gasteiger partial charge in [-0.2, -0.15) is 0 Å². The Bertz CT molecular complexity index is 549. The molecule has 9 heteroatoms. The minimum atomic E-state index is -1.01. The quantitative estimate of drug-likeness (QED) is 0.598. The van der Waals surface area contributed by atoms with E-state index in [4.69, 9.17) is 32.5 Å². The average molecular weight is 304 g/mol. The van der Waals surface area contributed by atoms with Crippen molar-refractivity contribution in [2.45, 2.75) is 12.5 Å². The number of rotatable bonds is 6. The Morgan fingerprint density at radius 1 is 1.50 bits per heavy atom. The van der Waals surface area contributed by atoms with E-state index >= 15 is 0 Å². The van der Waals surface area contributed by atoms with Crippen molar-refractivity contribution in [3.63, 3.8) is 0 Å². The molecule has 4 N–H and O–H groups in total. The summed E-state index contributed by atoms with van der Waals surface area (Å²) >= 11 is 6.08. The number of amides is 1. The molecule has 0 saturated heterocycles. The zero-order valence-electron chi connectivity index (χ0n) is 10.9. The summed E-state index contributed by atoms with van der Waals surface area (Å²) in [5, 5.41) is 11.0. The number of primary amides is 1. The van der Waals surface area contributed by atoms with E-state index in [9.17, 15) is 14.9 Å². The van der Waals surface area contributed by atoms with Gasteiger partial charge in [0.25, 0.3) is 5.69 Å². The van der Waals surface area contributed by atoms with Crippen LogP contribution in [0.2, 0.25) is 5.02 Å². The van der Waals surface area contributed by atoms with E-state index in [1.165, 1.54) is 14.2 Å². The highest BCUT2D eigenvalue weighted by molar-refractivity contribution is 6.33. The normalized spacial score (nSPS) is 11.8. The molecule has 0 bridgehead atoms. The zero-order valence-corrected chi connectivity index (χ0v) is 11.6. The number of halogens is 1. The maximum atomic E-state index is 11.1. The molecule has 0 aliphatic rings. The first-order valence-corrected chi connectivity index (χ1v) is 5.83. The number of nitro benzene ring substituents is 1. The van der Waals surface area contributed by atoms with Gasteiger partial charge in [-0.15, -0.1) is 0 Å². The zero-order chi connectivity index (χ0) is 15.4. The molecule has 0 spiro atoms. The maximum Gasteiger partial charge on any atom is 0.279 e. The second-order valence-electron chi connectivity index (χ2n) is 3.89. The number of methoxy groups -OCH3 is 2. The third-order valence-electron chi connectivity index (χ3n) is 2.62. The molecule has 0 fully saturated rings. The van der Waals surface area contributed by atoms with Crippen LogP contribution in [0.1, 0.15) is 18.0 Å². The second kappa shape index (κ2) is 6.40. The number of nitrogens with two attached hydrogens (primary N) is 2. The molecular weight excluding hydrogens is 290 g/mol. The molecule has 0 heterocycles. The van der Waals surface area contributed by atoms with Crippen molar-refractivity contribution in [1.29, 1.82) is 0 Å². The smallest absolute Gasteiger partial charge is 0.279 e. The van der Waals surface area contributed by atoms with Crippen LogP contribution in [0.25, 0.3) is 0 Å². The molecule has 1 aromatic carbocycles. The van der Waals surface area contributed by atoms with Crippen LogP contribution in [0.5, 0.6) is 11.5 Å². The predicted molar refractivity (Wildman–Crippen MR) is 72.0 cm³/mol. The minimum absolute atomic E-state index is 0.0203. The van der Waals surface area contributed by atoms with Gasteiger partial charge in [-0.3, -0.25) is 14.9 Å².